The van der Waals surface area contributed by atoms with Crippen LogP contribution in [0.2, 0.25) is 0 Å². The fraction of sp³-hybridized carbons (Fsp3) is 0.448. The van der Waals surface area contributed by atoms with Crippen LogP contribution < -0.4 is 9.64 Å². The number of anilines is 1. The smallest absolute Gasteiger partial charge is 0.260 e. The lowest BCUT2D eigenvalue weighted by molar-refractivity contribution is -0.125. The van der Waals surface area contributed by atoms with Crippen molar-refractivity contribution in [2.24, 2.45) is 11.8 Å². The maximum Gasteiger partial charge on any atom is 0.260 e. The minimum absolute atomic E-state index is 0.0699. The third kappa shape index (κ3) is 4.54. The van der Waals surface area contributed by atoms with Crippen molar-refractivity contribution in [3.05, 3.63) is 59.7 Å². The summed E-state index contributed by atoms with van der Waals surface area (Å²) in [6.07, 6.45) is 8.21. The van der Waals surface area contributed by atoms with Crippen molar-refractivity contribution in [3.8, 4) is 5.88 Å². The van der Waals surface area contributed by atoms with Crippen LogP contribution in [0.3, 0.4) is 0 Å². The number of hydrogen-bond donors (Lipinski definition) is 0. The molecule has 0 bridgehead atoms. The Hall–Kier alpha value is -3.28. The number of ether oxygens (including phenoxy) is 1. The summed E-state index contributed by atoms with van der Waals surface area (Å²) in [6, 6.07) is 14.7. The van der Waals surface area contributed by atoms with E-state index in [1.165, 1.54) is 19.3 Å². The van der Waals surface area contributed by atoms with E-state index in [-0.39, 0.29) is 23.7 Å². The average molecular weight is 472 g/mol. The van der Waals surface area contributed by atoms with E-state index < -0.39 is 0 Å². The van der Waals surface area contributed by atoms with Crippen LogP contribution in [0.4, 0.5) is 5.82 Å². The largest absolute Gasteiger partial charge is 0.481 e. The van der Waals surface area contributed by atoms with E-state index in [2.05, 4.69) is 11.9 Å². The second-order valence-electron chi connectivity index (χ2n) is 9.81. The van der Waals surface area contributed by atoms with Crippen molar-refractivity contribution < 1.29 is 14.3 Å². The summed E-state index contributed by atoms with van der Waals surface area (Å²) < 4.78 is 5.26. The van der Waals surface area contributed by atoms with Gasteiger partial charge in [0.05, 0.1) is 13.2 Å². The normalized spacial score (nSPS) is 19.1. The Morgan fingerprint density at radius 2 is 1.83 bits per heavy atom. The van der Waals surface area contributed by atoms with Gasteiger partial charge in [-0.25, -0.2) is 4.98 Å². The predicted molar refractivity (Wildman–Crippen MR) is 137 cm³/mol. The lowest BCUT2D eigenvalue weighted by Gasteiger charge is -2.31. The zero-order chi connectivity index (χ0) is 24.4. The topological polar surface area (TPSA) is 72.4 Å². The number of carbonyl (C=O) groups is 2. The lowest BCUT2D eigenvalue weighted by atomic mass is 9.75. The number of ketones is 1. The molecule has 6 heteroatoms. The zero-order valence-corrected chi connectivity index (χ0v) is 20.6. The van der Waals surface area contributed by atoms with Gasteiger partial charge in [0.1, 0.15) is 11.6 Å². The molecule has 6 nitrogen and oxygen atoms in total. The lowest BCUT2D eigenvalue weighted by Crippen LogP contribution is -2.33. The molecule has 1 amide bonds. The van der Waals surface area contributed by atoms with Crippen LogP contribution in [0.5, 0.6) is 5.88 Å². The second kappa shape index (κ2) is 10.1. The molecule has 2 aliphatic rings. The minimum atomic E-state index is -0.357. The molecule has 0 radical (unpaired) electrons. The predicted octanol–water partition coefficient (Wildman–Crippen LogP) is 6.30. The number of rotatable bonds is 8. The van der Waals surface area contributed by atoms with Crippen LogP contribution in [-0.2, 0) is 4.79 Å². The van der Waals surface area contributed by atoms with E-state index in [0.717, 1.165) is 36.6 Å². The SMILES string of the molecule is CCCC(C(=O)CC1c2ccccc2C(=O)N1c1ccc2ccc(OC)nc2n1)C1CCCCC1. The fourth-order valence-electron chi connectivity index (χ4n) is 5.93. The van der Waals surface area contributed by atoms with Crippen molar-refractivity contribution in [1.82, 2.24) is 9.97 Å². The van der Waals surface area contributed by atoms with E-state index in [0.29, 0.717) is 35.2 Å². The number of nitrogens with zero attached hydrogens (tertiary/aromatic N) is 3. The van der Waals surface area contributed by atoms with Crippen LogP contribution >= 0.6 is 0 Å². The summed E-state index contributed by atoms with van der Waals surface area (Å²) in [6.45, 7) is 2.16. The van der Waals surface area contributed by atoms with Crippen molar-refractivity contribution in [2.45, 2.75) is 64.3 Å². The minimum Gasteiger partial charge on any atom is -0.481 e. The Morgan fingerprint density at radius 1 is 1.06 bits per heavy atom. The highest BCUT2D eigenvalue weighted by Crippen LogP contribution is 2.41. The average Bonchev–Trinajstić information content (AvgIpc) is 3.18. The number of methoxy groups -OCH3 is 1. The summed E-state index contributed by atoms with van der Waals surface area (Å²) in [5.41, 5.74) is 2.07. The van der Waals surface area contributed by atoms with Crippen molar-refractivity contribution in [2.75, 3.05) is 12.0 Å². The standard InChI is InChI=1S/C29H33N3O3/c1-3-9-21(19-10-5-4-6-11-19)25(33)18-24-22-12-7-8-13-23(22)29(34)32(24)26-16-14-20-15-17-27(35-2)31-28(20)30-26/h7-8,12-17,19,21,24H,3-6,9-11,18H2,1-2H3. The first-order chi connectivity index (χ1) is 17.1. The first-order valence-corrected chi connectivity index (χ1v) is 12.9. The molecule has 2 aromatic heterocycles. The number of hydrogen-bond acceptors (Lipinski definition) is 5. The van der Waals surface area contributed by atoms with Gasteiger partial charge in [-0.15, -0.1) is 0 Å². The van der Waals surface area contributed by atoms with Crippen LogP contribution in [0.25, 0.3) is 11.0 Å². The highest BCUT2D eigenvalue weighted by Gasteiger charge is 2.41. The Kier molecular flexibility index (Phi) is 6.80. The maximum atomic E-state index is 13.8. The first kappa shape index (κ1) is 23.5. The Labute approximate surface area is 206 Å². The second-order valence-corrected chi connectivity index (χ2v) is 9.81. The first-order valence-electron chi connectivity index (χ1n) is 12.9. The van der Waals surface area contributed by atoms with E-state index in [1.807, 2.05) is 42.5 Å². The Balaban J connectivity index is 1.50. The van der Waals surface area contributed by atoms with Crippen LogP contribution in [-0.4, -0.2) is 28.8 Å². The quantitative estimate of drug-likeness (QED) is 0.386. The number of pyridine rings is 2. The fourth-order valence-corrected chi connectivity index (χ4v) is 5.93. The molecule has 3 aromatic rings. The van der Waals surface area contributed by atoms with Gasteiger partial charge in [0.25, 0.3) is 5.91 Å². The molecule has 2 atom stereocenters. The Bertz CT molecular complexity index is 1230. The van der Waals surface area contributed by atoms with Gasteiger partial charge in [-0.1, -0.05) is 50.8 Å². The molecule has 35 heavy (non-hydrogen) atoms. The molecule has 2 unspecified atom stereocenters. The summed E-state index contributed by atoms with van der Waals surface area (Å²) in [4.78, 5) is 38.3. The van der Waals surface area contributed by atoms with E-state index >= 15 is 0 Å². The molecule has 1 aliphatic heterocycles. The molecule has 182 valence electrons. The number of benzene rings is 1. The summed E-state index contributed by atoms with van der Waals surface area (Å²) in [5, 5.41) is 0.867. The molecule has 1 fully saturated rings. The number of Topliss-reactive ketones (excluding diaryl/α,β-unsaturated/α-hetero) is 1. The molecule has 5 rings (SSSR count). The highest BCUT2D eigenvalue weighted by molar-refractivity contribution is 6.11. The van der Waals surface area contributed by atoms with Gasteiger partial charge in [0.15, 0.2) is 5.65 Å². The summed E-state index contributed by atoms with van der Waals surface area (Å²) in [7, 11) is 1.57. The zero-order valence-electron chi connectivity index (χ0n) is 20.6. The molecule has 0 saturated heterocycles. The third-order valence-corrected chi connectivity index (χ3v) is 7.68. The van der Waals surface area contributed by atoms with Gasteiger partial charge in [0.2, 0.25) is 5.88 Å². The van der Waals surface area contributed by atoms with Crippen LogP contribution in [0.15, 0.2) is 48.5 Å². The molecule has 1 aliphatic carbocycles. The molecule has 1 aromatic carbocycles. The molecule has 0 N–H and O–H groups in total. The van der Waals surface area contributed by atoms with Crippen molar-refractivity contribution in [1.29, 1.82) is 0 Å². The third-order valence-electron chi connectivity index (χ3n) is 7.68. The Morgan fingerprint density at radius 3 is 2.60 bits per heavy atom. The van der Waals surface area contributed by atoms with E-state index in [1.54, 1.807) is 18.1 Å². The monoisotopic (exact) mass is 471 g/mol. The van der Waals surface area contributed by atoms with Gasteiger partial charge in [-0.05, 0) is 55.0 Å². The number of carbonyl (C=O) groups excluding carboxylic acids is 2. The molecule has 1 saturated carbocycles. The molecular weight excluding hydrogens is 438 g/mol. The summed E-state index contributed by atoms with van der Waals surface area (Å²) in [5.74, 6) is 1.69. The van der Waals surface area contributed by atoms with Crippen molar-refractivity contribution >= 4 is 28.5 Å². The van der Waals surface area contributed by atoms with E-state index in [4.69, 9.17) is 9.72 Å². The molecule has 3 heterocycles. The van der Waals surface area contributed by atoms with Gasteiger partial charge in [0, 0.05) is 29.4 Å². The number of aromatic nitrogens is 2. The number of amides is 1. The van der Waals surface area contributed by atoms with Gasteiger partial charge in [-0.3, -0.25) is 14.5 Å². The maximum absolute atomic E-state index is 13.8. The number of fused-ring (bicyclic) bond motifs is 2. The van der Waals surface area contributed by atoms with Crippen LogP contribution in [0, 0.1) is 11.8 Å². The highest BCUT2D eigenvalue weighted by atomic mass is 16.5. The van der Waals surface area contributed by atoms with E-state index in [9.17, 15) is 9.59 Å². The molecular formula is C29H33N3O3. The summed E-state index contributed by atoms with van der Waals surface area (Å²) >= 11 is 0. The molecule has 0 spiro atoms. The van der Waals surface area contributed by atoms with Gasteiger partial charge < -0.3 is 4.74 Å². The van der Waals surface area contributed by atoms with Gasteiger partial charge in [-0.2, -0.15) is 4.98 Å². The van der Waals surface area contributed by atoms with Crippen LogP contribution in [0.1, 0.15) is 80.3 Å². The van der Waals surface area contributed by atoms with Crippen molar-refractivity contribution in [3.63, 3.8) is 0 Å². The van der Waals surface area contributed by atoms with Gasteiger partial charge >= 0.3 is 0 Å².